The first kappa shape index (κ1) is 19.2. The maximum Gasteiger partial charge on any atom is 0.310 e. The SMILES string of the molecule is CC(=O)c1ccccc1NC(=O)C(C)OC(=O)CCOc1ccccc1. The Bertz CT molecular complexity index is 773. The molecule has 0 spiro atoms. The minimum absolute atomic E-state index is 0.0244. The van der Waals surface area contributed by atoms with Gasteiger partial charge in [-0.25, -0.2) is 0 Å². The number of anilines is 1. The molecule has 136 valence electrons. The monoisotopic (exact) mass is 355 g/mol. The summed E-state index contributed by atoms with van der Waals surface area (Å²) in [6.07, 6.45) is -0.962. The van der Waals surface area contributed by atoms with Gasteiger partial charge in [0, 0.05) is 5.56 Å². The number of hydrogen-bond acceptors (Lipinski definition) is 5. The minimum atomic E-state index is -0.987. The van der Waals surface area contributed by atoms with Crippen LogP contribution in [0, 0.1) is 0 Å². The number of esters is 1. The van der Waals surface area contributed by atoms with Gasteiger partial charge in [0.05, 0.1) is 18.7 Å². The Balaban J connectivity index is 1.81. The van der Waals surface area contributed by atoms with Crippen LogP contribution >= 0.6 is 0 Å². The third kappa shape index (κ3) is 5.73. The van der Waals surface area contributed by atoms with Crippen molar-refractivity contribution in [1.29, 1.82) is 0 Å². The summed E-state index contributed by atoms with van der Waals surface area (Å²) in [5, 5.41) is 2.61. The molecule has 1 unspecified atom stereocenters. The van der Waals surface area contributed by atoms with E-state index in [2.05, 4.69) is 5.32 Å². The Morgan fingerprint density at radius 3 is 2.35 bits per heavy atom. The number of benzene rings is 2. The quantitative estimate of drug-likeness (QED) is 0.581. The van der Waals surface area contributed by atoms with Gasteiger partial charge in [-0.1, -0.05) is 30.3 Å². The normalized spacial score (nSPS) is 11.3. The van der Waals surface area contributed by atoms with E-state index in [4.69, 9.17) is 9.47 Å². The minimum Gasteiger partial charge on any atom is -0.493 e. The van der Waals surface area contributed by atoms with Crippen molar-refractivity contribution in [2.24, 2.45) is 0 Å². The Morgan fingerprint density at radius 2 is 1.65 bits per heavy atom. The number of para-hydroxylation sites is 2. The van der Waals surface area contributed by atoms with Gasteiger partial charge >= 0.3 is 5.97 Å². The fourth-order valence-corrected chi connectivity index (χ4v) is 2.21. The number of Topliss-reactive ketones (excluding diaryl/α,β-unsaturated/α-hetero) is 1. The fraction of sp³-hybridized carbons (Fsp3) is 0.250. The maximum absolute atomic E-state index is 12.2. The van der Waals surface area contributed by atoms with Gasteiger partial charge in [-0.2, -0.15) is 0 Å². The molecular weight excluding hydrogens is 334 g/mol. The van der Waals surface area contributed by atoms with Crippen LogP contribution in [-0.2, 0) is 14.3 Å². The van der Waals surface area contributed by atoms with Gasteiger partial charge in [-0.3, -0.25) is 14.4 Å². The molecule has 0 radical (unpaired) electrons. The number of rotatable bonds is 8. The molecule has 26 heavy (non-hydrogen) atoms. The van der Waals surface area contributed by atoms with Gasteiger partial charge in [0.2, 0.25) is 0 Å². The van der Waals surface area contributed by atoms with Crippen LogP contribution in [0.3, 0.4) is 0 Å². The molecule has 0 aliphatic rings. The molecule has 1 amide bonds. The largest absolute Gasteiger partial charge is 0.493 e. The number of ether oxygens (including phenoxy) is 2. The highest BCUT2D eigenvalue weighted by atomic mass is 16.5. The zero-order valence-electron chi connectivity index (χ0n) is 14.7. The Morgan fingerprint density at radius 1 is 1.00 bits per heavy atom. The summed E-state index contributed by atoms with van der Waals surface area (Å²) < 4.78 is 10.5. The van der Waals surface area contributed by atoms with Gasteiger partial charge in [-0.05, 0) is 38.1 Å². The molecule has 0 saturated carbocycles. The van der Waals surface area contributed by atoms with Crippen LogP contribution < -0.4 is 10.1 Å². The van der Waals surface area contributed by atoms with Crippen LogP contribution in [0.4, 0.5) is 5.69 Å². The first-order valence-electron chi connectivity index (χ1n) is 8.25. The number of ketones is 1. The van der Waals surface area contributed by atoms with E-state index in [0.29, 0.717) is 17.0 Å². The molecule has 2 aromatic rings. The second kappa shape index (κ2) is 9.36. The molecule has 1 atom stereocenters. The van der Waals surface area contributed by atoms with Crippen LogP contribution in [0.2, 0.25) is 0 Å². The van der Waals surface area contributed by atoms with Gasteiger partial charge in [-0.15, -0.1) is 0 Å². The summed E-state index contributed by atoms with van der Waals surface area (Å²) in [5.41, 5.74) is 0.788. The average Bonchev–Trinajstić information content (AvgIpc) is 2.62. The summed E-state index contributed by atoms with van der Waals surface area (Å²) in [7, 11) is 0. The molecule has 2 rings (SSSR count). The van der Waals surface area contributed by atoms with E-state index < -0.39 is 18.0 Å². The van der Waals surface area contributed by atoms with Crippen LogP contribution in [0.5, 0.6) is 5.75 Å². The van der Waals surface area contributed by atoms with E-state index in [1.807, 2.05) is 18.2 Å². The highest BCUT2D eigenvalue weighted by molar-refractivity contribution is 6.04. The highest BCUT2D eigenvalue weighted by Gasteiger charge is 2.19. The van der Waals surface area contributed by atoms with Gasteiger partial charge in [0.1, 0.15) is 5.75 Å². The second-order valence-corrected chi connectivity index (χ2v) is 5.63. The number of amides is 1. The summed E-state index contributed by atoms with van der Waals surface area (Å²) in [5.74, 6) is -0.546. The number of hydrogen-bond donors (Lipinski definition) is 1. The second-order valence-electron chi connectivity index (χ2n) is 5.63. The summed E-state index contributed by atoms with van der Waals surface area (Å²) in [6, 6.07) is 15.8. The molecule has 1 N–H and O–H groups in total. The van der Waals surface area contributed by atoms with Crippen LogP contribution in [0.25, 0.3) is 0 Å². The average molecular weight is 355 g/mol. The van der Waals surface area contributed by atoms with Gasteiger partial charge in [0.25, 0.3) is 5.91 Å². The van der Waals surface area contributed by atoms with E-state index >= 15 is 0 Å². The van der Waals surface area contributed by atoms with Crippen molar-refractivity contribution in [1.82, 2.24) is 0 Å². The molecule has 0 bridgehead atoms. The fourth-order valence-electron chi connectivity index (χ4n) is 2.21. The third-order valence-corrected chi connectivity index (χ3v) is 3.56. The molecule has 0 fully saturated rings. The van der Waals surface area contributed by atoms with Gasteiger partial charge < -0.3 is 14.8 Å². The summed E-state index contributed by atoms with van der Waals surface area (Å²) in [4.78, 5) is 35.6. The third-order valence-electron chi connectivity index (χ3n) is 3.56. The number of carbonyl (C=O) groups excluding carboxylic acids is 3. The van der Waals surface area contributed by atoms with Crippen molar-refractivity contribution < 1.29 is 23.9 Å². The predicted octanol–water partition coefficient (Wildman–Crippen LogP) is 3.23. The molecule has 6 heteroatoms. The molecule has 0 aliphatic heterocycles. The van der Waals surface area contributed by atoms with E-state index in [1.54, 1.807) is 36.4 Å². The lowest BCUT2D eigenvalue weighted by molar-refractivity contribution is -0.153. The number of carbonyl (C=O) groups is 3. The molecule has 0 saturated heterocycles. The topological polar surface area (TPSA) is 81.7 Å². The Hall–Kier alpha value is -3.15. The smallest absolute Gasteiger partial charge is 0.310 e. The van der Waals surface area contributed by atoms with E-state index in [0.717, 1.165) is 0 Å². The molecule has 6 nitrogen and oxygen atoms in total. The molecule has 2 aromatic carbocycles. The maximum atomic E-state index is 12.2. The van der Waals surface area contributed by atoms with Crippen molar-refractivity contribution >= 4 is 23.3 Å². The lowest BCUT2D eigenvalue weighted by Crippen LogP contribution is -2.30. The van der Waals surface area contributed by atoms with Crippen molar-refractivity contribution in [2.45, 2.75) is 26.4 Å². The van der Waals surface area contributed by atoms with Crippen LogP contribution in [0.15, 0.2) is 54.6 Å². The Labute approximate surface area is 152 Å². The highest BCUT2D eigenvalue weighted by Crippen LogP contribution is 2.16. The molecule has 0 aromatic heterocycles. The first-order chi connectivity index (χ1) is 12.5. The first-order valence-corrected chi connectivity index (χ1v) is 8.25. The lowest BCUT2D eigenvalue weighted by Gasteiger charge is -2.15. The van der Waals surface area contributed by atoms with E-state index in [-0.39, 0.29) is 18.8 Å². The molecular formula is C20H21NO5. The Kier molecular flexibility index (Phi) is 6.91. The summed E-state index contributed by atoms with van der Waals surface area (Å²) >= 11 is 0. The summed E-state index contributed by atoms with van der Waals surface area (Å²) in [6.45, 7) is 3.05. The predicted molar refractivity (Wildman–Crippen MR) is 97.2 cm³/mol. The van der Waals surface area contributed by atoms with Crippen molar-refractivity contribution in [3.8, 4) is 5.75 Å². The zero-order valence-corrected chi connectivity index (χ0v) is 14.7. The van der Waals surface area contributed by atoms with E-state index in [1.165, 1.54) is 13.8 Å². The van der Waals surface area contributed by atoms with Crippen molar-refractivity contribution in [2.75, 3.05) is 11.9 Å². The van der Waals surface area contributed by atoms with E-state index in [9.17, 15) is 14.4 Å². The lowest BCUT2D eigenvalue weighted by atomic mass is 10.1. The van der Waals surface area contributed by atoms with Crippen molar-refractivity contribution in [3.05, 3.63) is 60.2 Å². The van der Waals surface area contributed by atoms with Crippen LogP contribution in [-0.4, -0.2) is 30.4 Å². The molecule has 0 aliphatic carbocycles. The number of nitrogens with one attached hydrogen (secondary N) is 1. The van der Waals surface area contributed by atoms with Gasteiger partial charge in [0.15, 0.2) is 11.9 Å². The zero-order chi connectivity index (χ0) is 18.9. The standard InChI is InChI=1S/C20H21NO5/c1-14(22)17-10-6-7-11-18(17)21-20(24)15(2)26-19(23)12-13-25-16-8-4-3-5-9-16/h3-11,15H,12-13H2,1-2H3,(H,21,24). The molecule has 0 heterocycles. The van der Waals surface area contributed by atoms with Crippen molar-refractivity contribution in [3.63, 3.8) is 0 Å². The van der Waals surface area contributed by atoms with Crippen LogP contribution in [0.1, 0.15) is 30.6 Å².